The van der Waals surface area contributed by atoms with Crippen molar-refractivity contribution in [3.05, 3.63) is 24.0 Å². The summed E-state index contributed by atoms with van der Waals surface area (Å²) in [5.74, 6) is -1.19. The van der Waals surface area contributed by atoms with Crippen LogP contribution in [0.3, 0.4) is 0 Å². The van der Waals surface area contributed by atoms with Gasteiger partial charge in [0.2, 0.25) is 10.0 Å². The summed E-state index contributed by atoms with van der Waals surface area (Å²) in [6, 6.07) is 2.92. The van der Waals surface area contributed by atoms with E-state index in [0.717, 1.165) is 18.2 Å². The molecule has 0 spiro atoms. The van der Waals surface area contributed by atoms with Crippen molar-refractivity contribution in [2.24, 2.45) is 5.14 Å². The zero-order valence-electron chi connectivity index (χ0n) is 11.3. The number of ether oxygens (including phenoxy) is 1. The quantitative estimate of drug-likeness (QED) is 0.838. The van der Waals surface area contributed by atoms with Gasteiger partial charge in [-0.15, -0.1) is 0 Å². The van der Waals surface area contributed by atoms with Crippen molar-refractivity contribution < 1.29 is 22.3 Å². The van der Waals surface area contributed by atoms with Crippen LogP contribution in [0.5, 0.6) is 5.75 Å². The number of hydrogen-bond donors (Lipinski definition) is 1. The molecule has 0 aromatic heterocycles. The molecule has 0 heterocycles. The summed E-state index contributed by atoms with van der Waals surface area (Å²) in [5.41, 5.74) is 0. The molecule has 0 saturated carbocycles. The van der Waals surface area contributed by atoms with Crippen LogP contribution in [0.1, 0.15) is 13.8 Å². The van der Waals surface area contributed by atoms with Crippen LogP contribution in [-0.2, 0) is 14.8 Å². The molecule has 0 aliphatic carbocycles. The average molecular weight is 304 g/mol. The molecule has 8 heteroatoms. The van der Waals surface area contributed by atoms with Crippen molar-refractivity contribution in [2.45, 2.75) is 18.7 Å². The predicted octanol–water partition coefficient (Wildman–Crippen LogP) is 0.720. The van der Waals surface area contributed by atoms with Crippen LogP contribution in [0.2, 0.25) is 0 Å². The molecule has 2 N–H and O–H groups in total. The third-order valence-corrected chi connectivity index (χ3v) is 3.61. The lowest BCUT2D eigenvalue weighted by Gasteiger charge is -2.19. The number of carbonyl (C=O) groups excluding carboxylic acids is 1. The number of likely N-dealkylation sites (N-methyl/N-ethyl adjacent to an activating group) is 1. The molecule has 0 radical (unpaired) electrons. The topological polar surface area (TPSA) is 89.7 Å². The summed E-state index contributed by atoms with van der Waals surface area (Å²) in [5, 5.41) is 4.98. The van der Waals surface area contributed by atoms with E-state index in [1.165, 1.54) is 4.90 Å². The Morgan fingerprint density at radius 2 is 1.95 bits per heavy atom. The minimum Gasteiger partial charge on any atom is -0.482 e. The standard InChI is InChI=1S/C12H17FN2O4S/c1-3-15(4-2)12(16)8-19-10-6-5-9(13)7-11(10)20(14,17)18/h5-7H,3-4,8H2,1-2H3,(H2,14,17,18). The van der Waals surface area contributed by atoms with Gasteiger partial charge in [-0.25, -0.2) is 17.9 Å². The number of benzene rings is 1. The van der Waals surface area contributed by atoms with Gasteiger partial charge in [0.05, 0.1) is 0 Å². The molecular formula is C12H17FN2O4S. The van der Waals surface area contributed by atoms with Crippen LogP contribution < -0.4 is 9.88 Å². The summed E-state index contributed by atoms with van der Waals surface area (Å²) in [7, 11) is -4.13. The first kappa shape index (κ1) is 16.4. The van der Waals surface area contributed by atoms with E-state index in [4.69, 9.17) is 9.88 Å². The summed E-state index contributed by atoms with van der Waals surface area (Å²) in [6.07, 6.45) is 0. The zero-order valence-corrected chi connectivity index (χ0v) is 12.1. The summed E-state index contributed by atoms with van der Waals surface area (Å²) in [4.78, 5) is 12.8. The Morgan fingerprint density at radius 1 is 1.35 bits per heavy atom. The van der Waals surface area contributed by atoms with Crippen molar-refractivity contribution in [2.75, 3.05) is 19.7 Å². The molecule has 6 nitrogen and oxygen atoms in total. The van der Waals surface area contributed by atoms with Gasteiger partial charge in [-0.1, -0.05) is 0 Å². The lowest BCUT2D eigenvalue weighted by atomic mass is 10.3. The third-order valence-electron chi connectivity index (χ3n) is 2.68. The molecule has 1 amide bonds. The van der Waals surface area contributed by atoms with Gasteiger partial charge in [0.1, 0.15) is 16.5 Å². The number of nitrogens with two attached hydrogens (primary N) is 1. The maximum absolute atomic E-state index is 13.1. The van der Waals surface area contributed by atoms with E-state index in [-0.39, 0.29) is 18.3 Å². The Labute approximate surface area is 117 Å². The van der Waals surface area contributed by atoms with Crippen molar-refractivity contribution >= 4 is 15.9 Å². The summed E-state index contributed by atoms with van der Waals surface area (Å²) >= 11 is 0. The largest absolute Gasteiger partial charge is 0.482 e. The molecule has 112 valence electrons. The second kappa shape index (κ2) is 6.67. The highest BCUT2D eigenvalue weighted by molar-refractivity contribution is 7.89. The molecule has 0 bridgehead atoms. The summed E-state index contributed by atoms with van der Waals surface area (Å²) < 4.78 is 40.9. The van der Waals surface area contributed by atoms with E-state index in [1.54, 1.807) is 0 Å². The number of carbonyl (C=O) groups is 1. The Bertz CT molecular complexity index is 585. The monoisotopic (exact) mass is 304 g/mol. The lowest BCUT2D eigenvalue weighted by Crippen LogP contribution is -2.34. The molecule has 20 heavy (non-hydrogen) atoms. The van der Waals surface area contributed by atoms with Gasteiger partial charge in [0, 0.05) is 13.1 Å². The molecule has 1 aromatic rings. The van der Waals surface area contributed by atoms with Gasteiger partial charge < -0.3 is 9.64 Å². The van der Waals surface area contributed by atoms with E-state index in [1.807, 2.05) is 13.8 Å². The third kappa shape index (κ3) is 4.17. The fraction of sp³-hybridized carbons (Fsp3) is 0.417. The highest BCUT2D eigenvalue weighted by Crippen LogP contribution is 2.23. The minimum atomic E-state index is -4.13. The van der Waals surface area contributed by atoms with Crippen molar-refractivity contribution in [3.63, 3.8) is 0 Å². The molecule has 1 aromatic carbocycles. The van der Waals surface area contributed by atoms with Crippen LogP contribution in [0.4, 0.5) is 4.39 Å². The molecule has 0 unspecified atom stereocenters. The van der Waals surface area contributed by atoms with Crippen LogP contribution in [0.15, 0.2) is 23.1 Å². The molecule has 0 aliphatic rings. The van der Waals surface area contributed by atoms with Crippen LogP contribution in [0.25, 0.3) is 0 Å². The smallest absolute Gasteiger partial charge is 0.260 e. The summed E-state index contributed by atoms with van der Waals surface area (Å²) in [6.45, 7) is 4.33. The van der Waals surface area contributed by atoms with Gasteiger partial charge in [-0.05, 0) is 32.0 Å². The van der Waals surface area contributed by atoms with Crippen LogP contribution in [-0.4, -0.2) is 38.9 Å². The van der Waals surface area contributed by atoms with Gasteiger partial charge in [0.25, 0.3) is 5.91 Å². The second-order valence-electron chi connectivity index (χ2n) is 3.99. The Morgan fingerprint density at radius 3 is 2.45 bits per heavy atom. The number of rotatable bonds is 6. The van der Waals surface area contributed by atoms with E-state index in [0.29, 0.717) is 13.1 Å². The molecule has 1 rings (SSSR count). The number of amides is 1. The van der Waals surface area contributed by atoms with Gasteiger partial charge in [-0.2, -0.15) is 0 Å². The highest BCUT2D eigenvalue weighted by atomic mass is 32.2. The molecule has 0 fully saturated rings. The number of primary sulfonamides is 1. The van der Waals surface area contributed by atoms with Gasteiger partial charge in [-0.3, -0.25) is 4.79 Å². The van der Waals surface area contributed by atoms with E-state index < -0.39 is 20.7 Å². The lowest BCUT2D eigenvalue weighted by molar-refractivity contribution is -0.133. The highest BCUT2D eigenvalue weighted by Gasteiger charge is 2.18. The minimum absolute atomic E-state index is 0.144. The molecule has 0 atom stereocenters. The van der Waals surface area contributed by atoms with Crippen LogP contribution >= 0.6 is 0 Å². The molecule has 0 saturated heterocycles. The first-order chi connectivity index (χ1) is 9.29. The fourth-order valence-corrected chi connectivity index (χ4v) is 2.31. The first-order valence-corrected chi connectivity index (χ1v) is 7.57. The Kier molecular flexibility index (Phi) is 5.46. The molecular weight excluding hydrogens is 287 g/mol. The maximum atomic E-state index is 13.1. The Balaban J connectivity index is 2.91. The van der Waals surface area contributed by atoms with Crippen LogP contribution in [0, 0.1) is 5.82 Å². The Hall–Kier alpha value is -1.67. The first-order valence-electron chi connectivity index (χ1n) is 6.02. The van der Waals surface area contributed by atoms with Crippen molar-refractivity contribution in [3.8, 4) is 5.75 Å². The fourth-order valence-electron chi connectivity index (χ4n) is 1.63. The number of halogens is 1. The van der Waals surface area contributed by atoms with E-state index in [9.17, 15) is 17.6 Å². The maximum Gasteiger partial charge on any atom is 0.260 e. The van der Waals surface area contributed by atoms with Gasteiger partial charge >= 0.3 is 0 Å². The SMILES string of the molecule is CCN(CC)C(=O)COc1ccc(F)cc1S(N)(=O)=O. The van der Waals surface area contributed by atoms with Crippen molar-refractivity contribution in [1.82, 2.24) is 4.90 Å². The van der Waals surface area contributed by atoms with E-state index >= 15 is 0 Å². The normalized spacial score (nSPS) is 11.2. The average Bonchev–Trinajstić information content (AvgIpc) is 2.37. The molecule has 0 aliphatic heterocycles. The predicted molar refractivity (Wildman–Crippen MR) is 71.2 cm³/mol. The number of sulfonamides is 1. The zero-order chi connectivity index (χ0) is 15.3. The number of nitrogens with zero attached hydrogens (tertiary/aromatic N) is 1. The van der Waals surface area contributed by atoms with E-state index in [2.05, 4.69) is 0 Å². The van der Waals surface area contributed by atoms with Gasteiger partial charge in [0.15, 0.2) is 6.61 Å². The second-order valence-corrected chi connectivity index (χ2v) is 5.52. The number of hydrogen-bond acceptors (Lipinski definition) is 4. The van der Waals surface area contributed by atoms with Crippen molar-refractivity contribution in [1.29, 1.82) is 0 Å².